The molecule has 1 heteroatoms. The molecule has 0 aromatic carbocycles. The predicted molar refractivity (Wildman–Crippen MR) is 45.0 cm³/mol. The van der Waals surface area contributed by atoms with E-state index >= 15 is 0 Å². The Balaban J connectivity index is 2.32. The third-order valence-electron chi connectivity index (χ3n) is 2.55. The number of rotatable bonds is 1. The molecule has 10 heavy (non-hydrogen) atoms. The zero-order valence-electron chi connectivity index (χ0n) is 7.35. The van der Waals surface area contributed by atoms with E-state index < -0.39 is 0 Å². The highest BCUT2D eigenvalue weighted by Gasteiger charge is 2.20. The molecule has 0 bridgehead atoms. The minimum atomic E-state index is 0.857. The van der Waals surface area contributed by atoms with Crippen LogP contribution >= 0.6 is 0 Å². The standard InChI is InChI=1S/C9H19N/c1-7(2)9-4-8(3)5-10-6-9/h7-10H,4-6H2,1-3H3/t8-,9+/m0/s1. The van der Waals surface area contributed by atoms with Crippen molar-refractivity contribution >= 4 is 0 Å². The SMILES string of the molecule is CC(C)[C@H]1CNC[C@@H](C)C1. The van der Waals surface area contributed by atoms with Gasteiger partial charge in [0, 0.05) is 0 Å². The third-order valence-corrected chi connectivity index (χ3v) is 2.55. The molecule has 2 atom stereocenters. The Morgan fingerprint density at radius 1 is 1.30 bits per heavy atom. The second kappa shape index (κ2) is 3.38. The summed E-state index contributed by atoms with van der Waals surface area (Å²) in [5.41, 5.74) is 0. The monoisotopic (exact) mass is 141 g/mol. The normalized spacial score (nSPS) is 34.8. The van der Waals surface area contributed by atoms with E-state index in [1.54, 1.807) is 0 Å². The van der Waals surface area contributed by atoms with Crippen LogP contribution < -0.4 is 5.32 Å². The maximum absolute atomic E-state index is 3.47. The van der Waals surface area contributed by atoms with Crippen LogP contribution in [0.2, 0.25) is 0 Å². The van der Waals surface area contributed by atoms with Crippen LogP contribution in [0.25, 0.3) is 0 Å². The Hall–Kier alpha value is -0.0400. The molecule has 0 amide bonds. The first kappa shape index (κ1) is 8.06. The first-order valence-electron chi connectivity index (χ1n) is 4.41. The summed E-state index contributed by atoms with van der Waals surface area (Å²) in [6, 6.07) is 0. The number of piperidine rings is 1. The Bertz CT molecular complexity index is 98.9. The lowest BCUT2D eigenvalue weighted by Gasteiger charge is -2.30. The van der Waals surface area contributed by atoms with E-state index in [2.05, 4.69) is 26.1 Å². The zero-order valence-corrected chi connectivity index (χ0v) is 7.35. The van der Waals surface area contributed by atoms with Crippen molar-refractivity contribution in [2.45, 2.75) is 27.2 Å². The van der Waals surface area contributed by atoms with Crippen molar-refractivity contribution in [2.75, 3.05) is 13.1 Å². The molecule has 0 aromatic heterocycles. The van der Waals surface area contributed by atoms with Gasteiger partial charge in [0.05, 0.1) is 0 Å². The smallest absolute Gasteiger partial charge is 0.00178 e. The molecule has 1 aliphatic heterocycles. The largest absolute Gasteiger partial charge is 0.316 e. The van der Waals surface area contributed by atoms with Crippen molar-refractivity contribution in [2.24, 2.45) is 17.8 Å². The van der Waals surface area contributed by atoms with Gasteiger partial charge in [-0.2, -0.15) is 0 Å². The first-order chi connectivity index (χ1) is 4.70. The molecule has 0 spiro atoms. The summed E-state index contributed by atoms with van der Waals surface area (Å²) in [4.78, 5) is 0. The van der Waals surface area contributed by atoms with Crippen LogP contribution in [0.5, 0.6) is 0 Å². The summed E-state index contributed by atoms with van der Waals surface area (Å²) in [5, 5.41) is 3.47. The molecule has 1 rings (SSSR count). The summed E-state index contributed by atoms with van der Waals surface area (Å²) in [5.74, 6) is 2.67. The highest BCUT2D eigenvalue weighted by atomic mass is 14.9. The molecule has 60 valence electrons. The van der Waals surface area contributed by atoms with E-state index in [9.17, 15) is 0 Å². The summed E-state index contributed by atoms with van der Waals surface area (Å²) >= 11 is 0. The fourth-order valence-electron chi connectivity index (χ4n) is 1.71. The lowest BCUT2D eigenvalue weighted by molar-refractivity contribution is 0.244. The average Bonchev–Trinajstić information content (AvgIpc) is 1.88. The van der Waals surface area contributed by atoms with Crippen LogP contribution in [0.1, 0.15) is 27.2 Å². The van der Waals surface area contributed by atoms with E-state index in [1.807, 2.05) is 0 Å². The van der Waals surface area contributed by atoms with Crippen molar-refractivity contribution in [1.29, 1.82) is 0 Å². The Morgan fingerprint density at radius 2 is 2.00 bits per heavy atom. The van der Waals surface area contributed by atoms with Gasteiger partial charge >= 0.3 is 0 Å². The Morgan fingerprint density at radius 3 is 2.40 bits per heavy atom. The van der Waals surface area contributed by atoms with Crippen LogP contribution in [0.15, 0.2) is 0 Å². The van der Waals surface area contributed by atoms with Gasteiger partial charge in [-0.3, -0.25) is 0 Å². The topological polar surface area (TPSA) is 12.0 Å². The molecule has 1 N–H and O–H groups in total. The van der Waals surface area contributed by atoms with Crippen LogP contribution in [0, 0.1) is 17.8 Å². The Labute approximate surface area is 64.2 Å². The molecule has 1 saturated heterocycles. The number of hydrogen-bond donors (Lipinski definition) is 1. The van der Waals surface area contributed by atoms with Crippen molar-refractivity contribution in [3.63, 3.8) is 0 Å². The highest BCUT2D eigenvalue weighted by Crippen LogP contribution is 2.22. The minimum Gasteiger partial charge on any atom is -0.316 e. The summed E-state index contributed by atoms with van der Waals surface area (Å²) < 4.78 is 0. The first-order valence-corrected chi connectivity index (χ1v) is 4.41. The molecule has 0 aliphatic carbocycles. The van der Waals surface area contributed by atoms with E-state index in [1.165, 1.54) is 19.5 Å². The lowest BCUT2D eigenvalue weighted by Crippen LogP contribution is -2.37. The van der Waals surface area contributed by atoms with Crippen LogP contribution in [-0.4, -0.2) is 13.1 Å². The maximum atomic E-state index is 3.47. The van der Waals surface area contributed by atoms with Crippen molar-refractivity contribution in [1.82, 2.24) is 5.32 Å². The van der Waals surface area contributed by atoms with Crippen LogP contribution in [0.3, 0.4) is 0 Å². The minimum absolute atomic E-state index is 0.857. The second-order valence-electron chi connectivity index (χ2n) is 4.00. The van der Waals surface area contributed by atoms with E-state index in [4.69, 9.17) is 0 Å². The van der Waals surface area contributed by atoms with Gasteiger partial charge in [0.1, 0.15) is 0 Å². The molecule has 0 radical (unpaired) electrons. The van der Waals surface area contributed by atoms with Crippen LogP contribution in [-0.2, 0) is 0 Å². The molecule has 0 saturated carbocycles. The summed E-state index contributed by atoms with van der Waals surface area (Å²) in [7, 11) is 0. The average molecular weight is 141 g/mol. The van der Waals surface area contributed by atoms with Gasteiger partial charge in [0.2, 0.25) is 0 Å². The van der Waals surface area contributed by atoms with Crippen molar-refractivity contribution in [3.05, 3.63) is 0 Å². The third kappa shape index (κ3) is 1.98. The molecule has 0 unspecified atom stereocenters. The summed E-state index contributed by atoms with van der Waals surface area (Å²) in [6.45, 7) is 9.45. The van der Waals surface area contributed by atoms with Gasteiger partial charge in [-0.1, -0.05) is 20.8 Å². The maximum Gasteiger partial charge on any atom is -0.00178 e. The van der Waals surface area contributed by atoms with Crippen molar-refractivity contribution in [3.8, 4) is 0 Å². The molecule has 1 heterocycles. The molecule has 1 aliphatic rings. The van der Waals surface area contributed by atoms with E-state index in [0.29, 0.717) is 0 Å². The van der Waals surface area contributed by atoms with Gasteiger partial charge in [-0.25, -0.2) is 0 Å². The lowest BCUT2D eigenvalue weighted by atomic mass is 9.84. The van der Waals surface area contributed by atoms with Crippen LogP contribution in [0.4, 0.5) is 0 Å². The second-order valence-corrected chi connectivity index (χ2v) is 4.00. The quantitative estimate of drug-likeness (QED) is 0.588. The molecular formula is C9H19N. The predicted octanol–water partition coefficient (Wildman–Crippen LogP) is 1.89. The van der Waals surface area contributed by atoms with Crippen molar-refractivity contribution < 1.29 is 0 Å². The van der Waals surface area contributed by atoms with Gasteiger partial charge in [-0.15, -0.1) is 0 Å². The fraction of sp³-hybridized carbons (Fsp3) is 1.00. The van der Waals surface area contributed by atoms with Gasteiger partial charge in [0.25, 0.3) is 0 Å². The Kier molecular flexibility index (Phi) is 2.72. The molecular weight excluding hydrogens is 122 g/mol. The summed E-state index contributed by atoms with van der Waals surface area (Å²) in [6.07, 6.45) is 1.42. The zero-order chi connectivity index (χ0) is 7.56. The van der Waals surface area contributed by atoms with Gasteiger partial charge < -0.3 is 5.32 Å². The van der Waals surface area contributed by atoms with Gasteiger partial charge in [0.15, 0.2) is 0 Å². The highest BCUT2D eigenvalue weighted by molar-refractivity contribution is 4.75. The molecule has 1 nitrogen and oxygen atoms in total. The van der Waals surface area contributed by atoms with E-state index in [0.717, 1.165) is 17.8 Å². The number of hydrogen-bond acceptors (Lipinski definition) is 1. The fourth-order valence-corrected chi connectivity index (χ4v) is 1.71. The molecule has 1 fully saturated rings. The van der Waals surface area contributed by atoms with Gasteiger partial charge in [-0.05, 0) is 37.3 Å². The molecule has 0 aromatic rings. The number of nitrogens with one attached hydrogen (secondary N) is 1. The van der Waals surface area contributed by atoms with E-state index in [-0.39, 0.29) is 0 Å².